The van der Waals surface area contributed by atoms with Gasteiger partial charge in [-0.15, -0.1) is 0 Å². The summed E-state index contributed by atoms with van der Waals surface area (Å²) in [5, 5.41) is 0. The molecule has 4 rings (SSSR count). The summed E-state index contributed by atoms with van der Waals surface area (Å²) in [7, 11) is 0. The van der Waals surface area contributed by atoms with E-state index in [1.807, 2.05) is 12.1 Å². The van der Waals surface area contributed by atoms with Gasteiger partial charge in [0.25, 0.3) is 0 Å². The minimum atomic E-state index is -0.319. The van der Waals surface area contributed by atoms with Gasteiger partial charge in [0.05, 0.1) is 52.4 Å². The molecule has 158 valence electrons. The molecule has 2 heterocycles. The zero-order valence-corrected chi connectivity index (χ0v) is 17.6. The van der Waals surface area contributed by atoms with Gasteiger partial charge in [-0.2, -0.15) is 0 Å². The molecule has 2 fully saturated rings. The average molecular weight is 409 g/mol. The first-order valence-corrected chi connectivity index (χ1v) is 11.0. The van der Waals surface area contributed by atoms with Crippen LogP contribution >= 0.6 is 0 Å². The van der Waals surface area contributed by atoms with Gasteiger partial charge in [-0.1, -0.05) is 60.7 Å². The molecular weight excluding hydrogens is 376 g/mol. The molecule has 2 aliphatic rings. The standard InChI is InChI=1S/C24H30N4O2/c29-23(27-15-11-25(12-16-27)19-21-7-3-1-4-8-21)24(30)28-17-13-26(14-18-28)20-22-9-5-2-6-10-22/h1-10H,11-20H2/p+2. The van der Waals surface area contributed by atoms with E-state index in [2.05, 4.69) is 48.5 Å². The van der Waals surface area contributed by atoms with Crippen LogP contribution < -0.4 is 9.80 Å². The SMILES string of the molecule is O=C(C(=O)N1CC[NH+](Cc2ccccc2)CC1)N1CC[NH+](Cc2ccccc2)CC1. The first-order valence-electron chi connectivity index (χ1n) is 11.0. The van der Waals surface area contributed by atoms with E-state index in [9.17, 15) is 9.59 Å². The van der Waals surface area contributed by atoms with Crippen LogP contribution in [0.2, 0.25) is 0 Å². The number of rotatable bonds is 4. The molecule has 0 saturated carbocycles. The van der Waals surface area contributed by atoms with E-state index < -0.39 is 0 Å². The van der Waals surface area contributed by atoms with Crippen molar-refractivity contribution in [2.24, 2.45) is 0 Å². The fourth-order valence-electron chi connectivity index (χ4n) is 4.45. The molecule has 30 heavy (non-hydrogen) atoms. The van der Waals surface area contributed by atoms with Gasteiger partial charge in [0.2, 0.25) is 0 Å². The maximum absolute atomic E-state index is 12.8. The lowest BCUT2D eigenvalue weighted by atomic mass is 10.2. The molecule has 2 aromatic rings. The number of hydrogen-bond donors (Lipinski definition) is 2. The van der Waals surface area contributed by atoms with Crippen LogP contribution in [0.3, 0.4) is 0 Å². The summed E-state index contributed by atoms with van der Waals surface area (Å²) in [5.41, 5.74) is 2.64. The number of benzene rings is 2. The second-order valence-electron chi connectivity index (χ2n) is 8.41. The molecule has 0 atom stereocenters. The van der Waals surface area contributed by atoms with E-state index in [1.54, 1.807) is 9.80 Å². The molecule has 2 saturated heterocycles. The molecule has 0 radical (unpaired) electrons. The maximum atomic E-state index is 12.8. The summed E-state index contributed by atoms with van der Waals surface area (Å²) >= 11 is 0. The lowest BCUT2D eigenvalue weighted by Crippen LogP contribution is -3.13. The summed E-state index contributed by atoms with van der Waals surface area (Å²) in [6.45, 7) is 8.15. The molecular formula is C24H32N4O2+2. The summed E-state index contributed by atoms with van der Waals surface area (Å²) in [6, 6.07) is 20.9. The topological polar surface area (TPSA) is 49.5 Å². The van der Waals surface area contributed by atoms with Crippen molar-refractivity contribution < 1.29 is 19.4 Å². The van der Waals surface area contributed by atoms with E-state index in [0.717, 1.165) is 39.3 Å². The second-order valence-corrected chi connectivity index (χ2v) is 8.41. The van der Waals surface area contributed by atoms with Gasteiger partial charge in [0.1, 0.15) is 13.1 Å². The van der Waals surface area contributed by atoms with Crippen molar-refractivity contribution in [3.63, 3.8) is 0 Å². The highest BCUT2D eigenvalue weighted by Gasteiger charge is 2.33. The number of nitrogens with one attached hydrogen (secondary N) is 2. The molecule has 6 heteroatoms. The number of amides is 2. The first kappa shape index (κ1) is 20.6. The Morgan fingerprint density at radius 2 is 0.933 bits per heavy atom. The zero-order valence-electron chi connectivity index (χ0n) is 17.6. The molecule has 2 N–H and O–H groups in total. The Labute approximate surface area is 178 Å². The Hall–Kier alpha value is -2.70. The lowest BCUT2D eigenvalue weighted by Gasteiger charge is -2.35. The molecule has 0 aliphatic carbocycles. The van der Waals surface area contributed by atoms with Crippen LogP contribution in [0.5, 0.6) is 0 Å². The quantitative estimate of drug-likeness (QED) is 0.628. The zero-order chi connectivity index (χ0) is 20.8. The Morgan fingerprint density at radius 1 is 0.600 bits per heavy atom. The monoisotopic (exact) mass is 408 g/mol. The van der Waals surface area contributed by atoms with Crippen molar-refractivity contribution >= 4 is 11.8 Å². The minimum absolute atomic E-state index is 0.319. The normalized spacial score (nSPS) is 18.4. The fourth-order valence-corrected chi connectivity index (χ4v) is 4.45. The van der Waals surface area contributed by atoms with Crippen LogP contribution in [-0.4, -0.2) is 74.0 Å². The van der Waals surface area contributed by atoms with Gasteiger partial charge in [0, 0.05) is 11.1 Å². The maximum Gasteiger partial charge on any atom is 0.312 e. The van der Waals surface area contributed by atoms with E-state index in [4.69, 9.17) is 0 Å². The first-order chi connectivity index (χ1) is 14.7. The van der Waals surface area contributed by atoms with Gasteiger partial charge in [-0.3, -0.25) is 9.59 Å². The molecule has 2 aliphatic heterocycles. The number of quaternary nitrogens is 2. The Morgan fingerprint density at radius 3 is 1.27 bits per heavy atom. The molecule has 2 aromatic carbocycles. The average Bonchev–Trinajstić information content (AvgIpc) is 2.80. The van der Waals surface area contributed by atoms with Crippen LogP contribution in [0, 0.1) is 0 Å². The highest BCUT2D eigenvalue weighted by Crippen LogP contribution is 2.01. The smallest absolute Gasteiger partial charge is 0.312 e. The molecule has 6 nitrogen and oxygen atoms in total. The van der Waals surface area contributed by atoms with Crippen molar-refractivity contribution in [3.05, 3.63) is 71.8 Å². The van der Waals surface area contributed by atoms with Crippen LogP contribution in [0.1, 0.15) is 11.1 Å². The van der Waals surface area contributed by atoms with E-state index in [1.165, 1.54) is 20.9 Å². The van der Waals surface area contributed by atoms with Gasteiger partial charge in [-0.25, -0.2) is 0 Å². The predicted octanol–water partition coefficient (Wildman–Crippen LogP) is -1.16. The predicted molar refractivity (Wildman–Crippen MR) is 115 cm³/mol. The molecule has 0 spiro atoms. The van der Waals surface area contributed by atoms with Crippen molar-refractivity contribution in [1.82, 2.24) is 9.80 Å². The largest absolute Gasteiger partial charge is 0.328 e. The second kappa shape index (κ2) is 9.87. The van der Waals surface area contributed by atoms with Gasteiger partial charge in [-0.05, 0) is 0 Å². The van der Waals surface area contributed by atoms with Crippen molar-refractivity contribution in [2.75, 3.05) is 52.4 Å². The minimum Gasteiger partial charge on any atom is -0.328 e. The number of piperazine rings is 2. The Bertz CT molecular complexity index is 755. The third-order valence-corrected chi connectivity index (χ3v) is 6.29. The van der Waals surface area contributed by atoms with Crippen LogP contribution in [0.25, 0.3) is 0 Å². The molecule has 0 unspecified atom stereocenters. The third kappa shape index (κ3) is 5.26. The van der Waals surface area contributed by atoms with Crippen molar-refractivity contribution in [2.45, 2.75) is 13.1 Å². The fraction of sp³-hybridized carbons (Fsp3) is 0.417. The van der Waals surface area contributed by atoms with Gasteiger partial charge < -0.3 is 19.6 Å². The number of carbonyl (C=O) groups excluding carboxylic acids is 2. The summed E-state index contributed by atoms with van der Waals surface area (Å²) < 4.78 is 0. The van der Waals surface area contributed by atoms with E-state index in [-0.39, 0.29) is 11.8 Å². The van der Waals surface area contributed by atoms with Gasteiger partial charge >= 0.3 is 11.8 Å². The van der Waals surface area contributed by atoms with Crippen LogP contribution in [0.4, 0.5) is 0 Å². The highest BCUT2D eigenvalue weighted by atomic mass is 16.2. The number of nitrogens with zero attached hydrogens (tertiary/aromatic N) is 2. The highest BCUT2D eigenvalue weighted by molar-refractivity contribution is 6.34. The van der Waals surface area contributed by atoms with Crippen molar-refractivity contribution in [3.8, 4) is 0 Å². The number of hydrogen-bond acceptors (Lipinski definition) is 2. The molecule has 2 amide bonds. The summed E-state index contributed by atoms with van der Waals surface area (Å²) in [6.07, 6.45) is 0. The Balaban J connectivity index is 1.21. The summed E-state index contributed by atoms with van der Waals surface area (Å²) in [5.74, 6) is -0.638. The van der Waals surface area contributed by atoms with Crippen LogP contribution in [-0.2, 0) is 22.7 Å². The van der Waals surface area contributed by atoms with E-state index in [0.29, 0.717) is 26.2 Å². The third-order valence-electron chi connectivity index (χ3n) is 6.29. The van der Waals surface area contributed by atoms with Crippen LogP contribution in [0.15, 0.2) is 60.7 Å². The van der Waals surface area contributed by atoms with Gasteiger partial charge in [0.15, 0.2) is 0 Å². The lowest BCUT2D eigenvalue weighted by molar-refractivity contribution is -0.917. The summed E-state index contributed by atoms with van der Waals surface area (Å²) in [4.78, 5) is 31.9. The van der Waals surface area contributed by atoms with E-state index >= 15 is 0 Å². The van der Waals surface area contributed by atoms with Crippen molar-refractivity contribution in [1.29, 1.82) is 0 Å². The number of carbonyl (C=O) groups is 2. The Kier molecular flexibility index (Phi) is 6.77. The molecule has 0 bridgehead atoms. The molecule has 0 aromatic heterocycles.